The molecule has 1 aromatic rings. The third kappa shape index (κ3) is 1.65. The highest BCUT2D eigenvalue weighted by Gasteiger charge is 2.00. The van der Waals surface area contributed by atoms with Crippen molar-refractivity contribution in [3.63, 3.8) is 0 Å². The molecule has 0 unspecified atom stereocenters. The van der Waals surface area contributed by atoms with Crippen LogP contribution in [0.1, 0.15) is 15.9 Å². The molecule has 2 nitrogen and oxygen atoms in total. The fourth-order valence-corrected chi connectivity index (χ4v) is 0.769. The summed E-state index contributed by atoms with van der Waals surface area (Å²) in [5.41, 5.74) is 1.54. The van der Waals surface area contributed by atoms with Crippen LogP contribution in [0.2, 0.25) is 0 Å². The summed E-state index contributed by atoms with van der Waals surface area (Å²) in [4.78, 5) is 10.8. The molecule has 0 heterocycles. The van der Waals surface area contributed by atoms with Crippen molar-refractivity contribution in [2.24, 2.45) is 0 Å². The van der Waals surface area contributed by atoms with Gasteiger partial charge in [-0.15, -0.1) is 0 Å². The summed E-state index contributed by atoms with van der Waals surface area (Å²) in [5, 5.41) is 8.26. The molecule has 1 aromatic carbocycles. The Kier molecular flexibility index (Phi) is 2.03. The molecule has 0 spiro atoms. The van der Waals surface area contributed by atoms with Crippen molar-refractivity contribution in [1.29, 1.82) is 5.26 Å². The molecular weight excluding hydrogens is 138 g/mol. The van der Waals surface area contributed by atoms with Gasteiger partial charge < -0.3 is 0 Å². The third-order valence-corrected chi connectivity index (χ3v) is 1.42. The lowest BCUT2D eigenvalue weighted by molar-refractivity contribution is 0.105. The summed E-state index contributed by atoms with van der Waals surface area (Å²) < 4.78 is 0. The van der Waals surface area contributed by atoms with Gasteiger partial charge in [0.25, 0.3) is 5.78 Å². The van der Waals surface area contributed by atoms with Gasteiger partial charge in [0.15, 0.2) is 0 Å². The molecule has 0 N–H and O–H groups in total. The second-order valence-electron chi connectivity index (χ2n) is 2.31. The first-order chi connectivity index (χ1) is 5.24. The van der Waals surface area contributed by atoms with E-state index in [1.807, 2.05) is 19.1 Å². The minimum Gasteiger partial charge on any atom is -0.277 e. The second kappa shape index (κ2) is 2.98. The lowest BCUT2D eigenvalue weighted by Gasteiger charge is -1.92. The van der Waals surface area contributed by atoms with E-state index < -0.39 is 5.78 Å². The van der Waals surface area contributed by atoms with Crippen LogP contribution in [0.25, 0.3) is 0 Å². The molecule has 0 radical (unpaired) electrons. The van der Waals surface area contributed by atoms with Crippen LogP contribution >= 0.6 is 0 Å². The Morgan fingerprint density at radius 1 is 1.36 bits per heavy atom. The number of nitriles is 1. The molecule has 0 saturated heterocycles. The summed E-state index contributed by atoms with van der Waals surface area (Å²) in [5.74, 6) is -0.481. The van der Waals surface area contributed by atoms with E-state index in [-0.39, 0.29) is 0 Å². The summed E-state index contributed by atoms with van der Waals surface area (Å²) >= 11 is 0. The number of rotatable bonds is 1. The summed E-state index contributed by atoms with van der Waals surface area (Å²) in [6, 6.07) is 8.49. The first-order valence-electron chi connectivity index (χ1n) is 3.25. The third-order valence-electron chi connectivity index (χ3n) is 1.42. The Bertz CT molecular complexity index is 305. The van der Waals surface area contributed by atoms with E-state index in [4.69, 9.17) is 5.26 Å². The molecule has 0 saturated carbocycles. The van der Waals surface area contributed by atoms with Gasteiger partial charge in [-0.3, -0.25) is 4.79 Å². The highest BCUT2D eigenvalue weighted by atomic mass is 16.1. The standard InChI is InChI=1S/C9H7NO/c1-7-2-4-8(5-3-7)9(11)6-10/h2-5H,1H3. The molecular formula is C9H7NO. The molecule has 11 heavy (non-hydrogen) atoms. The fourth-order valence-electron chi connectivity index (χ4n) is 0.769. The van der Waals surface area contributed by atoms with Gasteiger partial charge in [0.1, 0.15) is 6.07 Å². The number of ketones is 1. The van der Waals surface area contributed by atoms with Crippen LogP contribution in [0.3, 0.4) is 0 Å². The summed E-state index contributed by atoms with van der Waals surface area (Å²) in [7, 11) is 0. The number of nitrogens with zero attached hydrogens (tertiary/aromatic N) is 1. The zero-order valence-corrected chi connectivity index (χ0v) is 6.16. The maximum atomic E-state index is 10.8. The van der Waals surface area contributed by atoms with Gasteiger partial charge in [-0.2, -0.15) is 5.26 Å². The quantitative estimate of drug-likeness (QED) is 0.445. The Morgan fingerprint density at radius 2 is 1.91 bits per heavy atom. The SMILES string of the molecule is Cc1ccc(C(=O)C#N)cc1. The van der Waals surface area contributed by atoms with Crippen LogP contribution < -0.4 is 0 Å². The zero-order chi connectivity index (χ0) is 8.27. The molecule has 0 atom stereocenters. The fraction of sp³-hybridized carbons (Fsp3) is 0.111. The highest BCUT2D eigenvalue weighted by Crippen LogP contribution is 2.02. The van der Waals surface area contributed by atoms with E-state index in [0.29, 0.717) is 5.56 Å². The van der Waals surface area contributed by atoms with Gasteiger partial charge in [0, 0.05) is 5.56 Å². The normalized spacial score (nSPS) is 8.73. The average molecular weight is 145 g/mol. The number of Topliss-reactive ketones (excluding diaryl/α,β-unsaturated/α-hetero) is 1. The van der Waals surface area contributed by atoms with E-state index in [1.165, 1.54) is 0 Å². The maximum Gasteiger partial charge on any atom is 0.262 e. The predicted molar refractivity (Wildman–Crippen MR) is 41.1 cm³/mol. The average Bonchev–Trinajstić information content (AvgIpc) is 2.05. The molecule has 0 aliphatic heterocycles. The lowest BCUT2D eigenvalue weighted by atomic mass is 10.1. The molecule has 0 amide bonds. The van der Waals surface area contributed by atoms with Crippen molar-refractivity contribution in [3.05, 3.63) is 35.4 Å². The van der Waals surface area contributed by atoms with Gasteiger partial charge in [-0.1, -0.05) is 29.8 Å². The van der Waals surface area contributed by atoms with Crippen molar-refractivity contribution in [2.45, 2.75) is 6.92 Å². The summed E-state index contributed by atoms with van der Waals surface area (Å²) in [6.45, 7) is 1.93. The first-order valence-corrected chi connectivity index (χ1v) is 3.25. The highest BCUT2D eigenvalue weighted by molar-refractivity contribution is 6.07. The minimum absolute atomic E-state index is 0.457. The Hall–Kier alpha value is -1.62. The number of hydrogen-bond donors (Lipinski definition) is 0. The first kappa shape index (κ1) is 7.49. The number of carbonyl (C=O) groups is 1. The molecule has 0 fully saturated rings. The molecule has 0 aliphatic rings. The molecule has 0 aromatic heterocycles. The van der Waals surface area contributed by atoms with E-state index in [9.17, 15) is 4.79 Å². The molecule has 2 heteroatoms. The van der Waals surface area contributed by atoms with Crippen molar-refractivity contribution in [2.75, 3.05) is 0 Å². The largest absolute Gasteiger partial charge is 0.277 e. The maximum absolute atomic E-state index is 10.8. The second-order valence-corrected chi connectivity index (χ2v) is 2.31. The molecule has 0 bridgehead atoms. The Balaban J connectivity index is 3.01. The van der Waals surface area contributed by atoms with E-state index in [1.54, 1.807) is 18.2 Å². The minimum atomic E-state index is -0.481. The van der Waals surface area contributed by atoms with Gasteiger partial charge in [-0.05, 0) is 6.92 Å². The van der Waals surface area contributed by atoms with Gasteiger partial charge in [-0.25, -0.2) is 0 Å². The number of aryl methyl sites for hydroxylation is 1. The zero-order valence-electron chi connectivity index (χ0n) is 6.16. The van der Waals surface area contributed by atoms with Crippen LogP contribution in [0, 0.1) is 18.3 Å². The Labute approximate surface area is 65.1 Å². The van der Waals surface area contributed by atoms with Crippen LogP contribution in [-0.2, 0) is 0 Å². The van der Waals surface area contributed by atoms with Crippen molar-refractivity contribution < 1.29 is 4.79 Å². The van der Waals surface area contributed by atoms with Crippen LogP contribution in [-0.4, -0.2) is 5.78 Å². The van der Waals surface area contributed by atoms with Crippen molar-refractivity contribution >= 4 is 5.78 Å². The van der Waals surface area contributed by atoms with Gasteiger partial charge in [0.05, 0.1) is 0 Å². The smallest absolute Gasteiger partial charge is 0.262 e. The van der Waals surface area contributed by atoms with Crippen LogP contribution in [0.4, 0.5) is 0 Å². The van der Waals surface area contributed by atoms with E-state index >= 15 is 0 Å². The molecule has 1 rings (SSSR count). The van der Waals surface area contributed by atoms with Crippen molar-refractivity contribution in [3.8, 4) is 6.07 Å². The van der Waals surface area contributed by atoms with E-state index in [2.05, 4.69) is 0 Å². The van der Waals surface area contributed by atoms with Gasteiger partial charge in [0.2, 0.25) is 0 Å². The van der Waals surface area contributed by atoms with Crippen LogP contribution in [0.15, 0.2) is 24.3 Å². The lowest BCUT2D eigenvalue weighted by Crippen LogP contribution is -1.93. The topological polar surface area (TPSA) is 40.9 Å². The number of carbonyl (C=O) groups excluding carboxylic acids is 1. The monoisotopic (exact) mass is 145 g/mol. The van der Waals surface area contributed by atoms with Crippen LogP contribution in [0.5, 0.6) is 0 Å². The molecule has 0 aliphatic carbocycles. The number of benzene rings is 1. The predicted octanol–water partition coefficient (Wildman–Crippen LogP) is 1.70. The van der Waals surface area contributed by atoms with Gasteiger partial charge >= 0.3 is 0 Å². The van der Waals surface area contributed by atoms with E-state index in [0.717, 1.165) is 5.56 Å². The molecule has 54 valence electrons. The van der Waals surface area contributed by atoms with Crippen molar-refractivity contribution in [1.82, 2.24) is 0 Å². The number of hydrogen-bond acceptors (Lipinski definition) is 2. The summed E-state index contributed by atoms with van der Waals surface area (Å²) in [6.07, 6.45) is 0. The Morgan fingerprint density at radius 3 is 2.36 bits per heavy atom.